The lowest BCUT2D eigenvalue weighted by molar-refractivity contribution is -0.122. The third kappa shape index (κ3) is 32.7. The molecule has 0 fully saturated rings. The van der Waals surface area contributed by atoms with Crippen LogP contribution in [0.25, 0.3) is 0 Å². The van der Waals surface area contributed by atoms with Crippen molar-refractivity contribution in [2.24, 2.45) is 0 Å². The summed E-state index contributed by atoms with van der Waals surface area (Å²) in [6.07, 6.45) is 4.08. The first kappa shape index (κ1) is 36.9. The fourth-order valence-electron chi connectivity index (χ4n) is 2.85. The van der Waals surface area contributed by atoms with Crippen molar-refractivity contribution >= 4 is 11.8 Å². The summed E-state index contributed by atoms with van der Waals surface area (Å²) >= 11 is 0. The first-order valence-corrected chi connectivity index (χ1v) is 14.1. The van der Waals surface area contributed by atoms with Crippen LogP contribution in [0.4, 0.5) is 0 Å². The highest BCUT2D eigenvalue weighted by atomic mass is 16.5. The third-order valence-electron chi connectivity index (χ3n) is 5.19. The fraction of sp³-hybridized carbons (Fsp3) is 0.926. The van der Waals surface area contributed by atoms with Gasteiger partial charge in [-0.05, 0) is 39.3 Å². The molecule has 0 saturated carbocycles. The summed E-state index contributed by atoms with van der Waals surface area (Å²) < 4.78 is 5.42. The molecule has 0 heterocycles. The molecule has 6 N–H and O–H groups in total. The Balaban J connectivity index is -0.0000000816. The second kappa shape index (κ2) is 26.8. The maximum absolute atomic E-state index is 11.5. The van der Waals surface area contributed by atoms with Gasteiger partial charge in [0, 0.05) is 71.7 Å². The van der Waals surface area contributed by atoms with Gasteiger partial charge >= 0.3 is 0 Å². The van der Waals surface area contributed by atoms with Gasteiger partial charge in [0.15, 0.2) is 0 Å². The van der Waals surface area contributed by atoms with Crippen LogP contribution in [0.15, 0.2) is 0 Å². The van der Waals surface area contributed by atoms with Crippen LogP contribution in [-0.2, 0) is 14.3 Å². The first-order chi connectivity index (χ1) is 17.1. The van der Waals surface area contributed by atoms with E-state index < -0.39 is 0 Å². The number of rotatable bonds is 22. The number of carbonyl (C=O) groups excluding carboxylic acids is 2. The van der Waals surface area contributed by atoms with Crippen LogP contribution in [-0.4, -0.2) is 88.5 Å². The van der Waals surface area contributed by atoms with Crippen molar-refractivity contribution in [2.45, 2.75) is 112 Å². The lowest BCUT2D eigenvalue weighted by atomic mass is 10.3. The number of amides is 2. The van der Waals surface area contributed by atoms with E-state index in [2.05, 4.69) is 87.3 Å². The topological polar surface area (TPSA) is 116 Å². The number of ether oxygens (including phenoxy) is 1. The van der Waals surface area contributed by atoms with Crippen molar-refractivity contribution < 1.29 is 22.9 Å². The molecule has 0 aliphatic heterocycles. The van der Waals surface area contributed by atoms with Crippen LogP contribution in [0.2, 0.25) is 0 Å². The first-order valence-electron chi connectivity index (χ1n) is 14.1. The molecule has 0 bridgehead atoms. The minimum Gasteiger partial charge on any atom is -0.380 e. The molecular weight excluding hydrogens is 456 g/mol. The molecule has 9 heteroatoms. The fourth-order valence-corrected chi connectivity index (χ4v) is 2.85. The summed E-state index contributed by atoms with van der Waals surface area (Å²) in [6, 6.07) is 2.00. The zero-order chi connectivity index (χ0) is 27.6. The second-order valence-electron chi connectivity index (χ2n) is 10.1. The van der Waals surface area contributed by atoms with Gasteiger partial charge in [-0.2, -0.15) is 0 Å². The average Bonchev–Trinajstić information content (AvgIpc) is 2.80. The van der Waals surface area contributed by atoms with E-state index in [1.54, 1.807) is 0 Å². The molecule has 2 amide bonds. The summed E-state index contributed by atoms with van der Waals surface area (Å²) in [6.45, 7) is 23.1. The Morgan fingerprint density at radius 1 is 0.611 bits per heavy atom. The Labute approximate surface area is 231 Å². The number of nitrogens with one attached hydrogen (secondary N) is 6. The third-order valence-corrected chi connectivity index (χ3v) is 5.19. The molecule has 1 atom stereocenters. The molecule has 0 aliphatic rings. The van der Waals surface area contributed by atoms with E-state index in [0.717, 1.165) is 58.5 Å². The van der Waals surface area contributed by atoms with Gasteiger partial charge in [0.1, 0.15) is 0 Å². The molecule has 0 aromatic heterocycles. The summed E-state index contributed by atoms with van der Waals surface area (Å²) in [4.78, 5) is 22.9. The predicted octanol–water partition coefficient (Wildman–Crippen LogP) is 3.64. The highest BCUT2D eigenvalue weighted by Gasteiger charge is 2.02. The van der Waals surface area contributed by atoms with Crippen LogP contribution in [0.3, 0.4) is 0 Å². The van der Waals surface area contributed by atoms with Gasteiger partial charge in [-0.25, -0.2) is 0 Å². The van der Waals surface area contributed by atoms with Crippen LogP contribution in [0.5, 0.6) is 0 Å². The molecule has 1 unspecified atom stereocenters. The van der Waals surface area contributed by atoms with E-state index in [1.165, 1.54) is 0 Å². The molecule has 0 radical (unpaired) electrons. The normalized spacial score (nSPS) is 12.0. The van der Waals surface area contributed by atoms with Crippen molar-refractivity contribution in [3.63, 3.8) is 0 Å². The van der Waals surface area contributed by atoms with Crippen molar-refractivity contribution in [1.29, 1.82) is 0 Å². The van der Waals surface area contributed by atoms with E-state index in [9.17, 15) is 9.59 Å². The molecule has 0 spiro atoms. The molecule has 0 saturated heterocycles. The maximum atomic E-state index is 11.5. The van der Waals surface area contributed by atoms with Crippen molar-refractivity contribution in [2.75, 3.05) is 52.5 Å². The Morgan fingerprint density at radius 2 is 1.08 bits per heavy atom. The molecular formula is C27H72N6O3. The minimum atomic E-state index is 0. The highest BCUT2D eigenvalue weighted by molar-refractivity contribution is 5.76. The summed E-state index contributed by atoms with van der Waals surface area (Å²) in [5, 5.41) is 19.0. The smallest absolute Gasteiger partial charge is 0.222 e. The molecule has 0 rings (SSSR count). The van der Waals surface area contributed by atoms with Crippen LogP contribution in [0.1, 0.15) is 96.1 Å². The quantitative estimate of drug-likeness (QED) is 0.119. The van der Waals surface area contributed by atoms with E-state index in [4.69, 9.17) is 4.74 Å². The second-order valence-corrected chi connectivity index (χ2v) is 10.1. The average molecular weight is 529 g/mol. The lowest BCUT2D eigenvalue weighted by Gasteiger charge is -2.11. The number of hydrogen-bond acceptors (Lipinski definition) is 7. The van der Waals surface area contributed by atoms with E-state index in [0.29, 0.717) is 50.2 Å². The molecule has 228 valence electrons. The van der Waals surface area contributed by atoms with Gasteiger partial charge in [0.25, 0.3) is 0 Å². The summed E-state index contributed by atoms with van der Waals surface area (Å²) in [5.74, 6) is 0.210. The predicted molar refractivity (Wildman–Crippen MR) is 165 cm³/mol. The van der Waals surface area contributed by atoms with Crippen molar-refractivity contribution in [3.8, 4) is 0 Å². The van der Waals surface area contributed by atoms with E-state index >= 15 is 0 Å². The Morgan fingerprint density at radius 3 is 1.56 bits per heavy atom. The van der Waals surface area contributed by atoms with Gasteiger partial charge in [-0.1, -0.05) is 48.5 Å². The van der Waals surface area contributed by atoms with Crippen LogP contribution in [0, 0.1) is 0 Å². The van der Waals surface area contributed by atoms with Gasteiger partial charge < -0.3 is 36.6 Å². The molecule has 0 aromatic carbocycles. The van der Waals surface area contributed by atoms with Gasteiger partial charge in [0.05, 0.1) is 13.2 Å². The van der Waals surface area contributed by atoms with Crippen LogP contribution < -0.4 is 31.9 Å². The number of hydrogen-bond donors (Lipinski definition) is 6. The van der Waals surface area contributed by atoms with Crippen LogP contribution >= 0.6 is 0 Å². The van der Waals surface area contributed by atoms with Gasteiger partial charge in [-0.3, -0.25) is 9.59 Å². The summed E-state index contributed by atoms with van der Waals surface area (Å²) in [7, 11) is 0. The monoisotopic (exact) mass is 529 g/mol. The van der Waals surface area contributed by atoms with Crippen molar-refractivity contribution in [3.05, 3.63) is 0 Å². The highest BCUT2D eigenvalue weighted by Crippen LogP contribution is 1.88. The Hall–Kier alpha value is -1.26. The zero-order valence-corrected chi connectivity index (χ0v) is 24.7. The number of carbonyl (C=O) groups is 2. The zero-order valence-electron chi connectivity index (χ0n) is 24.7. The standard InChI is InChI=1S/C15H33N3O2.C12H27N3O.6H2/c1-5-14(4)17-10-12-20-11-7-15(19)18-9-6-8-16-13(2)3;1-10(2)13-7-5-8-15-12(16)6-9-14-11(3)4;;;;;;/h13-14,16-17H,5-12H2,1-4H3,(H,18,19);10-11,13-14H,5-9H2,1-4H3,(H,15,16);6*1H. The van der Waals surface area contributed by atoms with Crippen molar-refractivity contribution in [1.82, 2.24) is 31.9 Å². The Bertz CT molecular complexity index is 529. The summed E-state index contributed by atoms with van der Waals surface area (Å²) in [5.41, 5.74) is 0. The molecule has 36 heavy (non-hydrogen) atoms. The molecule has 9 nitrogen and oxygen atoms in total. The van der Waals surface area contributed by atoms with E-state index in [1.807, 2.05) is 0 Å². The van der Waals surface area contributed by atoms with Gasteiger partial charge in [0.2, 0.25) is 11.8 Å². The maximum Gasteiger partial charge on any atom is 0.222 e. The largest absolute Gasteiger partial charge is 0.380 e. The SMILES string of the molecule is CC(C)NCCCNC(=O)CCNC(C)C.CCC(C)NCCOCCC(=O)NCCCNC(C)C.[HH].[HH].[HH].[HH].[HH].[HH]. The Kier molecular flexibility index (Phi) is 27.5. The van der Waals surface area contributed by atoms with Gasteiger partial charge in [-0.15, -0.1) is 0 Å². The molecule has 0 aliphatic carbocycles. The van der Waals surface area contributed by atoms with E-state index in [-0.39, 0.29) is 20.4 Å². The lowest BCUT2D eigenvalue weighted by Crippen LogP contribution is -2.32. The minimum absolute atomic E-state index is 0. The molecule has 0 aromatic rings.